The molecule has 1 saturated carbocycles. The van der Waals surface area contributed by atoms with Crippen LogP contribution in [0.1, 0.15) is 35.8 Å². The number of alkyl halides is 3. The van der Waals surface area contributed by atoms with Gasteiger partial charge in [-0.05, 0) is 49.4 Å². The lowest BCUT2D eigenvalue weighted by Crippen LogP contribution is -2.19. The molecule has 0 unspecified atom stereocenters. The molecule has 1 fully saturated rings. The molecule has 8 heteroatoms. The third-order valence-electron chi connectivity index (χ3n) is 4.06. The molecule has 1 heterocycles. The zero-order chi connectivity index (χ0) is 19.6. The Morgan fingerprint density at radius 3 is 2.48 bits per heavy atom. The Balaban J connectivity index is 2.13. The van der Waals surface area contributed by atoms with Crippen molar-refractivity contribution in [1.82, 2.24) is 4.98 Å². The van der Waals surface area contributed by atoms with Crippen LogP contribution in [0.5, 0.6) is 5.88 Å². The molecule has 2 aromatic rings. The topological polar surface area (TPSA) is 48.4 Å². The minimum atomic E-state index is -4.82. The Kier molecular flexibility index (Phi) is 5.60. The first-order chi connectivity index (χ1) is 12.8. The van der Waals surface area contributed by atoms with Gasteiger partial charge in [0, 0.05) is 10.6 Å². The number of carbonyl (C=O) groups is 1. The van der Waals surface area contributed by atoms with E-state index >= 15 is 0 Å². The molecule has 0 N–H and O–H groups in total. The van der Waals surface area contributed by atoms with Crippen LogP contribution < -0.4 is 4.74 Å². The van der Waals surface area contributed by atoms with E-state index in [0.717, 1.165) is 18.9 Å². The fourth-order valence-corrected chi connectivity index (χ4v) is 2.63. The lowest BCUT2D eigenvalue weighted by molar-refractivity contribution is -0.142. The van der Waals surface area contributed by atoms with Crippen LogP contribution in [0, 0.1) is 5.92 Å². The highest BCUT2D eigenvalue weighted by molar-refractivity contribution is 6.30. The van der Waals surface area contributed by atoms with Crippen molar-refractivity contribution in [2.24, 2.45) is 5.92 Å². The third-order valence-corrected chi connectivity index (χ3v) is 4.31. The second kappa shape index (κ2) is 7.76. The molecule has 3 rings (SSSR count). The van der Waals surface area contributed by atoms with Gasteiger partial charge in [-0.15, -0.1) is 0 Å². The van der Waals surface area contributed by atoms with Crippen molar-refractivity contribution in [3.05, 3.63) is 46.6 Å². The van der Waals surface area contributed by atoms with Gasteiger partial charge in [0.05, 0.1) is 18.8 Å². The summed E-state index contributed by atoms with van der Waals surface area (Å²) in [7, 11) is 0. The zero-order valence-corrected chi connectivity index (χ0v) is 15.2. The summed E-state index contributed by atoms with van der Waals surface area (Å²) in [6.45, 7) is 1.75. The normalized spacial score (nSPS) is 14.1. The number of rotatable bonds is 6. The monoisotopic (exact) mass is 399 g/mol. The van der Waals surface area contributed by atoms with Gasteiger partial charge < -0.3 is 9.47 Å². The predicted octanol–water partition coefficient (Wildman–Crippen LogP) is 5.39. The van der Waals surface area contributed by atoms with E-state index in [1.54, 1.807) is 24.3 Å². The maximum absolute atomic E-state index is 13.5. The summed E-state index contributed by atoms with van der Waals surface area (Å²) in [5.41, 5.74) is -1.14. The van der Waals surface area contributed by atoms with Crippen LogP contribution in [0.4, 0.5) is 13.2 Å². The molecular formula is C19H17ClF3NO3. The van der Waals surface area contributed by atoms with Crippen LogP contribution >= 0.6 is 11.6 Å². The van der Waals surface area contributed by atoms with E-state index in [1.165, 1.54) is 6.92 Å². The molecule has 1 aromatic heterocycles. The molecular weight excluding hydrogens is 383 g/mol. The van der Waals surface area contributed by atoms with Gasteiger partial charge in [0.25, 0.3) is 0 Å². The Morgan fingerprint density at radius 2 is 1.93 bits per heavy atom. The van der Waals surface area contributed by atoms with E-state index in [0.29, 0.717) is 16.5 Å². The van der Waals surface area contributed by atoms with Crippen LogP contribution in [0.25, 0.3) is 11.1 Å². The van der Waals surface area contributed by atoms with E-state index in [1.807, 2.05) is 0 Å². The molecule has 0 saturated heterocycles. The van der Waals surface area contributed by atoms with Crippen molar-refractivity contribution < 1.29 is 27.4 Å². The van der Waals surface area contributed by atoms with Crippen molar-refractivity contribution in [1.29, 1.82) is 0 Å². The summed E-state index contributed by atoms with van der Waals surface area (Å²) in [6.07, 6.45) is -2.87. The summed E-state index contributed by atoms with van der Waals surface area (Å²) >= 11 is 5.89. The standard InChI is InChI=1S/C19H17ClF3NO3/c1-2-26-18(25)15-9-14(12-5-7-13(20)8-6-12)17(27-10-11-3-4-11)24-16(15)19(21,22)23/h5-9,11H,2-4,10H2,1H3. The van der Waals surface area contributed by atoms with Crippen LogP contribution in [0.2, 0.25) is 5.02 Å². The molecule has 0 spiro atoms. The second-order valence-electron chi connectivity index (χ2n) is 6.22. The molecule has 0 aliphatic heterocycles. The lowest BCUT2D eigenvalue weighted by atomic mass is 10.0. The maximum atomic E-state index is 13.5. The summed E-state index contributed by atoms with van der Waals surface area (Å²) in [5, 5.41) is 0.477. The lowest BCUT2D eigenvalue weighted by Gasteiger charge is -2.17. The molecule has 0 amide bonds. The number of nitrogens with zero attached hydrogens (tertiary/aromatic N) is 1. The number of carbonyl (C=O) groups excluding carboxylic acids is 1. The number of benzene rings is 1. The van der Waals surface area contributed by atoms with E-state index in [4.69, 9.17) is 21.1 Å². The van der Waals surface area contributed by atoms with Crippen molar-refractivity contribution >= 4 is 17.6 Å². The number of pyridine rings is 1. The van der Waals surface area contributed by atoms with Crippen LogP contribution in [-0.4, -0.2) is 24.2 Å². The third kappa shape index (κ3) is 4.71. The Labute approximate surface area is 159 Å². The van der Waals surface area contributed by atoms with Gasteiger partial charge in [0.2, 0.25) is 5.88 Å². The fourth-order valence-electron chi connectivity index (χ4n) is 2.50. The molecule has 1 aliphatic carbocycles. The number of hydrogen-bond acceptors (Lipinski definition) is 4. The highest BCUT2D eigenvalue weighted by Gasteiger charge is 2.39. The molecule has 4 nitrogen and oxygen atoms in total. The smallest absolute Gasteiger partial charge is 0.434 e. The van der Waals surface area contributed by atoms with E-state index in [9.17, 15) is 18.0 Å². The molecule has 1 aromatic carbocycles. The van der Waals surface area contributed by atoms with Gasteiger partial charge in [0.15, 0.2) is 5.69 Å². The van der Waals surface area contributed by atoms with Crippen LogP contribution in [0.15, 0.2) is 30.3 Å². The van der Waals surface area contributed by atoms with Crippen LogP contribution in [-0.2, 0) is 10.9 Å². The minimum absolute atomic E-state index is 0.0493. The first kappa shape index (κ1) is 19.5. The average molecular weight is 400 g/mol. The van der Waals surface area contributed by atoms with Crippen molar-refractivity contribution in [2.75, 3.05) is 13.2 Å². The molecule has 0 radical (unpaired) electrons. The molecule has 1 aliphatic rings. The van der Waals surface area contributed by atoms with Gasteiger partial charge >= 0.3 is 12.1 Å². The summed E-state index contributed by atoms with van der Waals surface area (Å²) in [6, 6.07) is 7.59. The Morgan fingerprint density at radius 1 is 1.26 bits per heavy atom. The highest BCUT2D eigenvalue weighted by Crippen LogP contribution is 2.39. The van der Waals surface area contributed by atoms with E-state index in [-0.39, 0.29) is 24.7 Å². The van der Waals surface area contributed by atoms with E-state index < -0.39 is 23.4 Å². The quantitative estimate of drug-likeness (QED) is 0.611. The van der Waals surface area contributed by atoms with Crippen molar-refractivity contribution in [3.63, 3.8) is 0 Å². The second-order valence-corrected chi connectivity index (χ2v) is 6.65. The average Bonchev–Trinajstić information content (AvgIpc) is 3.44. The number of ether oxygens (including phenoxy) is 2. The first-order valence-electron chi connectivity index (χ1n) is 8.47. The van der Waals surface area contributed by atoms with Gasteiger partial charge in [0.1, 0.15) is 0 Å². The van der Waals surface area contributed by atoms with Gasteiger partial charge in [-0.2, -0.15) is 13.2 Å². The summed E-state index contributed by atoms with van der Waals surface area (Å²) in [5.74, 6) is -0.921. The zero-order valence-electron chi connectivity index (χ0n) is 14.5. The van der Waals surface area contributed by atoms with Gasteiger partial charge in [-0.25, -0.2) is 9.78 Å². The van der Waals surface area contributed by atoms with Crippen LogP contribution in [0.3, 0.4) is 0 Å². The van der Waals surface area contributed by atoms with Gasteiger partial charge in [-0.3, -0.25) is 0 Å². The highest BCUT2D eigenvalue weighted by atomic mass is 35.5. The van der Waals surface area contributed by atoms with Crippen molar-refractivity contribution in [2.45, 2.75) is 25.9 Å². The largest absolute Gasteiger partial charge is 0.477 e. The molecule has 144 valence electrons. The summed E-state index contributed by atoms with van der Waals surface area (Å²) in [4.78, 5) is 15.8. The Hall–Kier alpha value is -2.28. The van der Waals surface area contributed by atoms with Gasteiger partial charge in [-0.1, -0.05) is 23.7 Å². The minimum Gasteiger partial charge on any atom is -0.477 e. The summed E-state index contributed by atoms with van der Waals surface area (Å²) < 4.78 is 50.8. The first-order valence-corrected chi connectivity index (χ1v) is 8.85. The predicted molar refractivity (Wildman–Crippen MR) is 93.9 cm³/mol. The molecule has 27 heavy (non-hydrogen) atoms. The SMILES string of the molecule is CCOC(=O)c1cc(-c2ccc(Cl)cc2)c(OCC2CC2)nc1C(F)(F)F. The maximum Gasteiger partial charge on any atom is 0.434 e. The number of halogens is 4. The Bertz CT molecular complexity index is 833. The van der Waals surface area contributed by atoms with Crippen molar-refractivity contribution in [3.8, 4) is 17.0 Å². The number of hydrogen-bond donors (Lipinski definition) is 0. The number of esters is 1. The molecule has 0 bridgehead atoms. The molecule has 0 atom stereocenters. The van der Waals surface area contributed by atoms with E-state index in [2.05, 4.69) is 4.98 Å². The fraction of sp³-hybridized carbons (Fsp3) is 0.368. The number of aromatic nitrogens is 1.